The topological polar surface area (TPSA) is 237 Å². The van der Waals surface area contributed by atoms with Crippen LogP contribution in [0.15, 0.2) is 0 Å². The van der Waals surface area contributed by atoms with Gasteiger partial charge in [0.05, 0.1) is 26.4 Å². The number of hydrogen-bond acceptors (Lipinski definition) is 15. The van der Waals surface area contributed by atoms with Crippen LogP contribution in [0.3, 0.4) is 0 Å². The van der Waals surface area contributed by atoms with Crippen LogP contribution in [0.2, 0.25) is 0 Å². The molecule has 0 spiro atoms. The van der Waals surface area contributed by atoms with Crippen LogP contribution in [0, 0.1) is 11.8 Å². The Morgan fingerprint density at radius 3 is 0.648 bits per heavy atom. The first-order chi connectivity index (χ1) is 50.9. The Labute approximate surface area is 645 Å². The third kappa shape index (κ3) is 79.9. The first-order valence-corrected chi connectivity index (χ1v) is 47.5. The number of esters is 4. The summed E-state index contributed by atoms with van der Waals surface area (Å²) in [6, 6.07) is 0. The van der Waals surface area contributed by atoms with Gasteiger partial charge in [-0.05, 0) is 37.5 Å². The molecule has 0 saturated carbocycles. The molecule has 0 aliphatic rings. The fourth-order valence-corrected chi connectivity index (χ4v) is 15.0. The molecule has 0 aromatic carbocycles. The van der Waals surface area contributed by atoms with Gasteiger partial charge in [-0.2, -0.15) is 0 Å². The van der Waals surface area contributed by atoms with Crippen LogP contribution in [0.1, 0.15) is 459 Å². The Morgan fingerprint density at radius 2 is 0.438 bits per heavy atom. The second kappa shape index (κ2) is 77.4. The van der Waals surface area contributed by atoms with Gasteiger partial charge in [0.1, 0.15) is 19.3 Å². The lowest BCUT2D eigenvalue weighted by Crippen LogP contribution is -2.30. The summed E-state index contributed by atoms with van der Waals surface area (Å²) in [4.78, 5) is 73.2. The zero-order valence-electron chi connectivity index (χ0n) is 69.0. The number of hydrogen-bond donors (Lipinski definition) is 3. The van der Waals surface area contributed by atoms with Crippen molar-refractivity contribution in [2.75, 3.05) is 39.6 Å². The summed E-state index contributed by atoms with van der Waals surface area (Å²) in [7, 11) is -9.93. The number of aliphatic hydroxyl groups is 1. The zero-order valence-corrected chi connectivity index (χ0v) is 70.8. The van der Waals surface area contributed by atoms with Crippen LogP contribution >= 0.6 is 15.6 Å². The molecule has 3 N–H and O–H groups in total. The molecule has 0 heterocycles. The van der Waals surface area contributed by atoms with Crippen molar-refractivity contribution in [1.29, 1.82) is 0 Å². The molecule has 105 heavy (non-hydrogen) atoms. The Hall–Kier alpha value is -1.94. The average molecular weight is 1540 g/mol. The van der Waals surface area contributed by atoms with Crippen molar-refractivity contribution in [2.45, 2.75) is 477 Å². The van der Waals surface area contributed by atoms with Crippen molar-refractivity contribution >= 4 is 39.5 Å². The predicted octanol–water partition coefficient (Wildman–Crippen LogP) is 26.2. The highest BCUT2D eigenvalue weighted by Gasteiger charge is 2.30. The molecule has 5 atom stereocenters. The highest BCUT2D eigenvalue weighted by Crippen LogP contribution is 2.45. The van der Waals surface area contributed by atoms with Gasteiger partial charge in [0, 0.05) is 25.7 Å². The Kier molecular flexibility index (Phi) is 76.0. The van der Waals surface area contributed by atoms with Crippen LogP contribution < -0.4 is 0 Å². The van der Waals surface area contributed by atoms with Crippen LogP contribution in [0.25, 0.3) is 0 Å². The quantitative estimate of drug-likeness (QED) is 0.0222. The number of phosphoric ester groups is 2. The summed E-state index contributed by atoms with van der Waals surface area (Å²) in [5.41, 5.74) is 0. The zero-order chi connectivity index (χ0) is 77.1. The van der Waals surface area contributed by atoms with Gasteiger partial charge in [-0.3, -0.25) is 37.3 Å². The van der Waals surface area contributed by atoms with E-state index in [-0.39, 0.29) is 25.7 Å². The maximum atomic E-state index is 13.1. The minimum atomic E-state index is -4.97. The molecule has 17 nitrogen and oxygen atoms in total. The molecule has 624 valence electrons. The van der Waals surface area contributed by atoms with E-state index in [0.29, 0.717) is 25.7 Å². The van der Waals surface area contributed by atoms with Gasteiger partial charge in [0.15, 0.2) is 12.2 Å². The van der Waals surface area contributed by atoms with E-state index in [2.05, 4.69) is 41.5 Å². The van der Waals surface area contributed by atoms with Crippen molar-refractivity contribution < 1.29 is 80.2 Å². The summed E-state index contributed by atoms with van der Waals surface area (Å²) in [6.07, 6.45) is 69.4. The summed E-state index contributed by atoms with van der Waals surface area (Å²) in [5.74, 6) is -0.536. The third-order valence-corrected chi connectivity index (χ3v) is 22.1. The molecule has 0 rings (SSSR count). The largest absolute Gasteiger partial charge is 0.472 e. The maximum Gasteiger partial charge on any atom is 0.472 e. The first kappa shape index (κ1) is 103. The standard InChI is InChI=1S/C86H168O17P2/c1-7-9-11-13-15-17-19-21-23-26-31-34-38-44-50-56-62-68-83(88)96-74-81(102-86(91)71-65-59-53-46-40-36-32-28-25-24-27-30-33-37-42-48-54-60-66-78(3)4)76-100-104(92,93)98-72-80(87)73-99-105(94,95)101-77-82(75-97-84(89)69-63-57-51-47-41-43-49-55-61-67-79(5)6)103-85(90)70-64-58-52-45-39-35-29-22-20-18-16-14-12-10-8-2/h78-82,87H,7-77H2,1-6H3,(H,92,93)(H,94,95)/t80-,81-,82-/m1/s1. The van der Waals surface area contributed by atoms with Gasteiger partial charge in [-0.1, -0.05) is 408 Å². The van der Waals surface area contributed by atoms with Gasteiger partial charge >= 0.3 is 39.5 Å². The van der Waals surface area contributed by atoms with Crippen LogP contribution in [0.4, 0.5) is 0 Å². The molecule has 0 fully saturated rings. The summed E-state index contributed by atoms with van der Waals surface area (Å²) in [5, 5.41) is 10.7. The Balaban J connectivity index is 5.25. The van der Waals surface area contributed by atoms with Crippen molar-refractivity contribution in [3.63, 3.8) is 0 Å². The minimum absolute atomic E-state index is 0.108. The molecule has 0 aliphatic carbocycles. The Morgan fingerprint density at radius 1 is 0.257 bits per heavy atom. The van der Waals surface area contributed by atoms with E-state index in [1.165, 1.54) is 276 Å². The number of rotatable bonds is 85. The first-order valence-electron chi connectivity index (χ1n) is 44.5. The number of unbranched alkanes of at least 4 members (excludes halogenated alkanes) is 55. The highest BCUT2D eigenvalue weighted by molar-refractivity contribution is 7.47. The molecule has 0 aromatic rings. The fourth-order valence-electron chi connectivity index (χ4n) is 13.4. The molecule has 0 saturated heterocycles. The van der Waals surface area contributed by atoms with Gasteiger partial charge in [0.25, 0.3) is 0 Å². The number of carbonyl (C=O) groups is 4. The second-order valence-electron chi connectivity index (χ2n) is 31.9. The lowest BCUT2D eigenvalue weighted by molar-refractivity contribution is -0.161. The van der Waals surface area contributed by atoms with E-state index in [4.69, 9.17) is 37.0 Å². The van der Waals surface area contributed by atoms with E-state index in [0.717, 1.165) is 102 Å². The third-order valence-electron chi connectivity index (χ3n) is 20.2. The summed E-state index contributed by atoms with van der Waals surface area (Å²) >= 11 is 0. The number of ether oxygens (including phenoxy) is 4. The van der Waals surface area contributed by atoms with Crippen molar-refractivity contribution in [3.05, 3.63) is 0 Å². The number of aliphatic hydroxyl groups excluding tert-OH is 1. The molecule has 19 heteroatoms. The van der Waals surface area contributed by atoms with Gasteiger partial charge in [-0.25, -0.2) is 9.13 Å². The maximum absolute atomic E-state index is 13.1. The van der Waals surface area contributed by atoms with Crippen LogP contribution in [-0.2, 0) is 65.4 Å². The van der Waals surface area contributed by atoms with Crippen molar-refractivity contribution in [3.8, 4) is 0 Å². The molecule has 2 unspecified atom stereocenters. The monoisotopic (exact) mass is 1540 g/mol. The summed E-state index contributed by atoms with van der Waals surface area (Å²) in [6.45, 7) is 9.70. The van der Waals surface area contributed by atoms with Crippen LogP contribution in [0.5, 0.6) is 0 Å². The molecule has 0 aliphatic heterocycles. The lowest BCUT2D eigenvalue weighted by Gasteiger charge is -2.21. The van der Waals surface area contributed by atoms with E-state index < -0.39 is 97.5 Å². The molecule has 0 aromatic heterocycles. The minimum Gasteiger partial charge on any atom is -0.462 e. The van der Waals surface area contributed by atoms with Crippen molar-refractivity contribution in [2.24, 2.45) is 11.8 Å². The second-order valence-corrected chi connectivity index (χ2v) is 34.8. The SMILES string of the molecule is CCCCCCCCCCCCCCCCCCCC(=O)OC[C@H](COP(=O)(O)OC[C@@H](O)COP(=O)(O)OC[C@@H](COC(=O)CCCCCCCCCCCC(C)C)OC(=O)CCCCCCCCCCCCCCCCC)OC(=O)CCCCCCCCCCCCCCCCCCCCC(C)C. The average Bonchev–Trinajstić information content (AvgIpc) is 0.936. The number of phosphoric acid groups is 2. The highest BCUT2D eigenvalue weighted by atomic mass is 31.2. The van der Waals surface area contributed by atoms with E-state index in [1.54, 1.807) is 0 Å². The van der Waals surface area contributed by atoms with E-state index in [1.807, 2.05) is 0 Å². The molecule has 0 bridgehead atoms. The predicted molar refractivity (Wildman–Crippen MR) is 432 cm³/mol. The Bertz CT molecular complexity index is 2010. The summed E-state index contributed by atoms with van der Waals surface area (Å²) < 4.78 is 68.9. The lowest BCUT2D eigenvalue weighted by atomic mass is 10.0. The molecular weight excluding hydrogens is 1370 g/mol. The van der Waals surface area contributed by atoms with Crippen molar-refractivity contribution in [1.82, 2.24) is 0 Å². The van der Waals surface area contributed by atoms with Crippen LogP contribution in [-0.4, -0.2) is 96.7 Å². The molecular formula is C86H168O17P2. The van der Waals surface area contributed by atoms with Gasteiger partial charge in [0.2, 0.25) is 0 Å². The van der Waals surface area contributed by atoms with Gasteiger partial charge < -0.3 is 33.8 Å². The molecule has 0 radical (unpaired) electrons. The van der Waals surface area contributed by atoms with E-state index in [9.17, 15) is 43.2 Å². The van der Waals surface area contributed by atoms with E-state index >= 15 is 0 Å². The normalized spacial score (nSPS) is 13.8. The number of carbonyl (C=O) groups excluding carboxylic acids is 4. The fraction of sp³-hybridized carbons (Fsp3) is 0.953. The smallest absolute Gasteiger partial charge is 0.462 e. The molecule has 0 amide bonds. The van der Waals surface area contributed by atoms with Gasteiger partial charge in [-0.15, -0.1) is 0 Å².